The van der Waals surface area contributed by atoms with Gasteiger partial charge < -0.3 is 10.6 Å². The van der Waals surface area contributed by atoms with Crippen LogP contribution >= 0.6 is 0 Å². The van der Waals surface area contributed by atoms with Gasteiger partial charge >= 0.3 is 12.1 Å². The highest BCUT2D eigenvalue weighted by Crippen LogP contribution is 2.31. The van der Waals surface area contributed by atoms with Crippen LogP contribution in [0.1, 0.15) is 31.2 Å². The van der Waals surface area contributed by atoms with Crippen molar-refractivity contribution in [2.45, 2.75) is 38.3 Å². The Morgan fingerprint density at radius 1 is 1.07 bits per heavy atom. The maximum Gasteiger partial charge on any atom is 0.347 e. The van der Waals surface area contributed by atoms with Gasteiger partial charge in [0.1, 0.15) is 23.2 Å². The first-order valence-electron chi connectivity index (χ1n) is 9.98. The maximum atomic E-state index is 13.9. The molecule has 0 spiro atoms. The first kappa shape index (κ1) is 20.0. The molecule has 2 fully saturated rings. The third kappa shape index (κ3) is 4.17. The summed E-state index contributed by atoms with van der Waals surface area (Å²) >= 11 is 0. The molecule has 2 atom stereocenters. The number of para-hydroxylation sites is 1. The molecule has 1 saturated heterocycles. The van der Waals surface area contributed by atoms with E-state index in [-0.39, 0.29) is 24.5 Å². The third-order valence-electron chi connectivity index (χ3n) is 5.52. The van der Waals surface area contributed by atoms with Gasteiger partial charge in [0.15, 0.2) is 0 Å². The molecule has 1 saturated carbocycles. The molecular formula is C22H22F2N4O2. The van der Waals surface area contributed by atoms with Gasteiger partial charge in [0.25, 0.3) is 0 Å². The van der Waals surface area contributed by atoms with Gasteiger partial charge in [-0.2, -0.15) is 4.99 Å². The number of halogens is 2. The van der Waals surface area contributed by atoms with Crippen molar-refractivity contribution in [1.29, 1.82) is 0 Å². The minimum absolute atomic E-state index is 0.102. The van der Waals surface area contributed by atoms with Crippen molar-refractivity contribution in [3.05, 3.63) is 65.7 Å². The number of urea groups is 2. The highest BCUT2D eigenvalue weighted by atomic mass is 19.1. The van der Waals surface area contributed by atoms with E-state index in [4.69, 9.17) is 0 Å². The second-order valence-corrected chi connectivity index (χ2v) is 7.52. The molecule has 4 amide bonds. The molecule has 156 valence electrons. The predicted octanol–water partition coefficient (Wildman–Crippen LogP) is 4.68. The maximum absolute atomic E-state index is 13.9. The van der Waals surface area contributed by atoms with Gasteiger partial charge in [-0.25, -0.2) is 18.4 Å². The number of hydrogen-bond donors (Lipinski definition) is 2. The molecule has 4 rings (SSSR count). The Morgan fingerprint density at radius 2 is 1.77 bits per heavy atom. The van der Waals surface area contributed by atoms with Crippen molar-refractivity contribution in [2.75, 3.05) is 5.32 Å². The topological polar surface area (TPSA) is 73.8 Å². The molecule has 2 unspecified atom stereocenters. The lowest BCUT2D eigenvalue weighted by Crippen LogP contribution is -2.60. The fourth-order valence-electron chi connectivity index (χ4n) is 4.07. The summed E-state index contributed by atoms with van der Waals surface area (Å²) in [6.45, 7) is 0.246. The van der Waals surface area contributed by atoms with E-state index in [0.29, 0.717) is 5.84 Å². The normalized spacial score (nSPS) is 22.4. The molecule has 1 aliphatic heterocycles. The van der Waals surface area contributed by atoms with Crippen LogP contribution in [0.3, 0.4) is 0 Å². The van der Waals surface area contributed by atoms with Gasteiger partial charge in [0, 0.05) is 12.0 Å². The fourth-order valence-corrected chi connectivity index (χ4v) is 4.07. The number of rotatable bonds is 3. The van der Waals surface area contributed by atoms with Gasteiger partial charge in [0.05, 0.1) is 6.54 Å². The van der Waals surface area contributed by atoms with Crippen molar-refractivity contribution in [2.24, 2.45) is 10.9 Å². The van der Waals surface area contributed by atoms with Gasteiger partial charge in [-0.1, -0.05) is 49.2 Å². The minimum Gasteiger partial charge on any atom is -0.334 e. The smallest absolute Gasteiger partial charge is 0.334 e. The number of nitrogens with one attached hydrogen (secondary N) is 2. The van der Waals surface area contributed by atoms with Gasteiger partial charge in [-0.3, -0.25) is 4.90 Å². The fraction of sp³-hybridized carbons (Fsp3) is 0.318. The average molecular weight is 412 g/mol. The van der Waals surface area contributed by atoms with Crippen molar-refractivity contribution >= 4 is 23.6 Å². The van der Waals surface area contributed by atoms with Gasteiger partial charge in [-0.15, -0.1) is 0 Å². The van der Waals surface area contributed by atoms with E-state index in [0.717, 1.165) is 43.4 Å². The summed E-state index contributed by atoms with van der Waals surface area (Å²) in [5.41, 5.74) is 0.331. The molecular weight excluding hydrogens is 390 g/mol. The first-order valence-corrected chi connectivity index (χ1v) is 9.98. The molecule has 2 aliphatic rings. The second kappa shape index (κ2) is 8.61. The molecule has 0 aromatic heterocycles. The number of benzene rings is 2. The highest BCUT2D eigenvalue weighted by molar-refractivity contribution is 6.08. The van der Waals surface area contributed by atoms with E-state index < -0.39 is 23.4 Å². The van der Waals surface area contributed by atoms with E-state index in [1.54, 1.807) is 0 Å². The molecule has 2 aromatic rings. The molecule has 30 heavy (non-hydrogen) atoms. The lowest BCUT2D eigenvalue weighted by molar-refractivity contribution is 0.187. The highest BCUT2D eigenvalue weighted by Gasteiger charge is 2.40. The summed E-state index contributed by atoms with van der Waals surface area (Å²) < 4.78 is 27.8. The Balaban J connectivity index is 1.65. The van der Waals surface area contributed by atoms with Crippen LogP contribution in [0.5, 0.6) is 0 Å². The van der Waals surface area contributed by atoms with Crippen molar-refractivity contribution in [1.82, 2.24) is 10.2 Å². The Bertz CT molecular complexity index is 960. The number of fused-ring (bicyclic) bond motifs is 1. The zero-order valence-corrected chi connectivity index (χ0v) is 16.3. The quantitative estimate of drug-likeness (QED) is 0.768. The average Bonchev–Trinajstić information content (AvgIpc) is 2.74. The van der Waals surface area contributed by atoms with Gasteiger partial charge in [0.2, 0.25) is 0 Å². The first-order chi connectivity index (χ1) is 14.5. The molecule has 6 nitrogen and oxygen atoms in total. The molecule has 1 heterocycles. The monoisotopic (exact) mass is 412 g/mol. The molecule has 1 aliphatic carbocycles. The third-order valence-corrected chi connectivity index (χ3v) is 5.52. The largest absolute Gasteiger partial charge is 0.347 e. The summed E-state index contributed by atoms with van der Waals surface area (Å²) in [5, 5.41) is 5.20. The van der Waals surface area contributed by atoms with Crippen LogP contribution in [0.4, 0.5) is 24.1 Å². The second-order valence-electron chi connectivity index (χ2n) is 7.52. The van der Waals surface area contributed by atoms with Crippen molar-refractivity contribution in [3.63, 3.8) is 0 Å². The lowest BCUT2D eigenvalue weighted by atomic mass is 9.82. The number of aliphatic imine (C=N–C) groups is 1. The van der Waals surface area contributed by atoms with Crippen LogP contribution in [0.25, 0.3) is 0 Å². The summed E-state index contributed by atoms with van der Waals surface area (Å²) in [5.74, 6) is -1.57. The molecule has 8 heteroatoms. The minimum atomic E-state index is -0.911. The van der Waals surface area contributed by atoms with E-state index >= 15 is 0 Å². The van der Waals surface area contributed by atoms with Crippen LogP contribution in [-0.2, 0) is 6.54 Å². The van der Waals surface area contributed by atoms with Crippen molar-refractivity contribution in [3.8, 4) is 0 Å². The number of amides is 4. The number of hydrogen-bond acceptors (Lipinski definition) is 2. The van der Waals surface area contributed by atoms with E-state index in [1.165, 1.54) is 11.0 Å². The summed E-state index contributed by atoms with van der Waals surface area (Å²) in [4.78, 5) is 30.9. The molecule has 0 bridgehead atoms. The Kier molecular flexibility index (Phi) is 5.74. The van der Waals surface area contributed by atoms with Crippen LogP contribution in [0.15, 0.2) is 53.5 Å². The van der Waals surface area contributed by atoms with Crippen LogP contribution < -0.4 is 10.6 Å². The SMILES string of the molecule is O=C(/N=C1\C2CCCCC2NC(=O)N1Cc1ccccc1)Nc1c(F)cccc1F. The Labute approximate surface area is 173 Å². The zero-order chi connectivity index (χ0) is 21.1. The Morgan fingerprint density at radius 3 is 2.50 bits per heavy atom. The summed E-state index contributed by atoms with van der Waals surface area (Å²) in [6.07, 6.45) is 3.52. The Hall–Kier alpha value is -3.29. The van der Waals surface area contributed by atoms with E-state index in [2.05, 4.69) is 15.6 Å². The molecule has 2 N–H and O–H groups in total. The number of carbonyl (C=O) groups excluding carboxylic acids is 2. The predicted molar refractivity (Wildman–Crippen MR) is 109 cm³/mol. The lowest BCUT2D eigenvalue weighted by Gasteiger charge is -2.42. The van der Waals surface area contributed by atoms with Crippen molar-refractivity contribution < 1.29 is 18.4 Å². The number of anilines is 1. The van der Waals surface area contributed by atoms with Crippen LogP contribution in [-0.4, -0.2) is 28.8 Å². The number of carbonyl (C=O) groups is 2. The number of amidine groups is 1. The van der Waals surface area contributed by atoms with Crippen LogP contribution in [0, 0.1) is 17.6 Å². The van der Waals surface area contributed by atoms with E-state index in [1.807, 2.05) is 30.3 Å². The zero-order valence-electron chi connectivity index (χ0n) is 16.3. The molecule has 0 radical (unpaired) electrons. The van der Waals surface area contributed by atoms with Crippen LogP contribution in [0.2, 0.25) is 0 Å². The van der Waals surface area contributed by atoms with E-state index in [9.17, 15) is 18.4 Å². The number of nitrogens with zero attached hydrogens (tertiary/aromatic N) is 2. The standard InChI is InChI=1S/C22H22F2N4O2/c23-16-10-6-11-17(24)19(16)26-21(29)27-20-15-9-4-5-12-18(15)25-22(30)28(20)13-14-7-2-1-3-8-14/h1-3,6-8,10-11,15,18H,4-5,9,12-13H2,(H,25,30)(H,26,29)/b27-20+. The molecule has 2 aromatic carbocycles. The van der Waals surface area contributed by atoms with Gasteiger partial charge in [-0.05, 0) is 30.5 Å². The summed E-state index contributed by atoms with van der Waals surface area (Å²) in [6, 6.07) is 11.4. The summed E-state index contributed by atoms with van der Waals surface area (Å²) in [7, 11) is 0.